The summed E-state index contributed by atoms with van der Waals surface area (Å²) in [6, 6.07) is 1.91. The highest BCUT2D eigenvalue weighted by Crippen LogP contribution is 2.32. The molecule has 4 aromatic heterocycles. The van der Waals surface area contributed by atoms with Gasteiger partial charge in [-0.05, 0) is 32.0 Å². The Bertz CT molecular complexity index is 1210. The summed E-state index contributed by atoms with van der Waals surface area (Å²) in [4.78, 5) is 22.0. The summed E-state index contributed by atoms with van der Waals surface area (Å²) in [6.45, 7) is 4.51. The maximum absolute atomic E-state index is 12.2. The molecule has 0 atom stereocenters. The van der Waals surface area contributed by atoms with Crippen LogP contribution >= 0.6 is 11.3 Å². The summed E-state index contributed by atoms with van der Waals surface area (Å²) in [5.74, 6) is 0.287. The number of carbonyl (C=O) groups is 1. The zero-order chi connectivity index (χ0) is 21.3. The third-order valence-electron chi connectivity index (χ3n) is 4.56. The Labute approximate surface area is 177 Å². The fourth-order valence-corrected chi connectivity index (χ4v) is 4.18. The highest BCUT2D eigenvalue weighted by molar-refractivity contribution is 7.18. The van der Waals surface area contributed by atoms with Crippen LogP contribution in [0.25, 0.3) is 16.9 Å². The molecule has 0 aromatic carbocycles. The molecule has 10 heteroatoms. The minimum atomic E-state index is -0.317. The highest BCUT2D eigenvalue weighted by Gasteiger charge is 2.18. The first-order valence-corrected chi connectivity index (χ1v) is 10.4. The van der Waals surface area contributed by atoms with E-state index in [-0.39, 0.29) is 5.97 Å². The number of fused-ring (bicyclic) bond motifs is 1. The van der Waals surface area contributed by atoms with Crippen LogP contribution in [0, 0.1) is 6.92 Å². The fourth-order valence-electron chi connectivity index (χ4n) is 3.22. The number of aryl methyl sites for hydroxylation is 2. The van der Waals surface area contributed by atoms with Gasteiger partial charge in [-0.2, -0.15) is 5.10 Å². The van der Waals surface area contributed by atoms with Crippen LogP contribution in [0.2, 0.25) is 0 Å². The normalized spacial score (nSPS) is 11.2. The summed E-state index contributed by atoms with van der Waals surface area (Å²) in [6.07, 6.45) is 8.12. The van der Waals surface area contributed by atoms with Crippen molar-refractivity contribution in [3.63, 3.8) is 0 Å². The van der Waals surface area contributed by atoms with Crippen molar-refractivity contribution < 1.29 is 9.53 Å². The van der Waals surface area contributed by atoms with E-state index < -0.39 is 0 Å². The first-order chi connectivity index (χ1) is 14.5. The van der Waals surface area contributed by atoms with E-state index in [4.69, 9.17) is 15.5 Å². The SMILES string of the molecule is CCOC(=O)c1sc(Nc2nc(CCN)cn3c(-c4cnn(C)c4)cnc23)cc1C. The van der Waals surface area contributed by atoms with Gasteiger partial charge in [0.15, 0.2) is 11.5 Å². The molecule has 0 radical (unpaired) electrons. The average Bonchev–Trinajstić information content (AvgIpc) is 3.40. The van der Waals surface area contributed by atoms with Gasteiger partial charge < -0.3 is 15.8 Å². The Balaban J connectivity index is 1.76. The average molecular weight is 426 g/mol. The Morgan fingerprint density at radius 1 is 1.33 bits per heavy atom. The quantitative estimate of drug-likeness (QED) is 0.438. The molecule has 0 saturated carbocycles. The van der Waals surface area contributed by atoms with Crippen LogP contribution in [-0.4, -0.2) is 43.3 Å². The van der Waals surface area contributed by atoms with E-state index in [1.54, 1.807) is 24.0 Å². The molecule has 0 saturated heterocycles. The number of nitrogens with two attached hydrogens (primary N) is 1. The number of imidazole rings is 1. The maximum atomic E-state index is 12.2. The number of nitrogens with one attached hydrogen (secondary N) is 1. The lowest BCUT2D eigenvalue weighted by Gasteiger charge is -2.09. The Morgan fingerprint density at radius 2 is 2.17 bits per heavy atom. The molecule has 4 rings (SSSR count). The van der Waals surface area contributed by atoms with Gasteiger partial charge in [0.1, 0.15) is 4.88 Å². The van der Waals surface area contributed by atoms with Crippen molar-refractivity contribution in [2.24, 2.45) is 12.8 Å². The Hall–Kier alpha value is -3.24. The van der Waals surface area contributed by atoms with E-state index >= 15 is 0 Å². The molecule has 4 aromatic rings. The lowest BCUT2D eigenvalue weighted by molar-refractivity contribution is 0.0531. The second-order valence-electron chi connectivity index (χ2n) is 6.83. The molecule has 156 valence electrons. The topological polar surface area (TPSA) is 112 Å². The summed E-state index contributed by atoms with van der Waals surface area (Å²) < 4.78 is 8.88. The van der Waals surface area contributed by atoms with Gasteiger partial charge in [0.05, 0.1) is 35.4 Å². The van der Waals surface area contributed by atoms with Crippen molar-refractivity contribution in [2.75, 3.05) is 18.5 Å². The van der Waals surface area contributed by atoms with E-state index in [2.05, 4.69) is 15.4 Å². The summed E-state index contributed by atoms with van der Waals surface area (Å²) >= 11 is 1.34. The van der Waals surface area contributed by atoms with Gasteiger partial charge in [-0.25, -0.2) is 14.8 Å². The molecular weight excluding hydrogens is 402 g/mol. The first-order valence-electron chi connectivity index (χ1n) is 9.60. The van der Waals surface area contributed by atoms with Gasteiger partial charge >= 0.3 is 5.97 Å². The molecule has 0 amide bonds. The van der Waals surface area contributed by atoms with E-state index in [1.807, 2.05) is 36.8 Å². The van der Waals surface area contributed by atoms with Crippen molar-refractivity contribution >= 4 is 33.8 Å². The molecule has 4 heterocycles. The van der Waals surface area contributed by atoms with Crippen LogP contribution in [0.5, 0.6) is 0 Å². The molecule has 3 N–H and O–H groups in total. The number of esters is 1. The number of ether oxygens (including phenoxy) is 1. The number of nitrogens with zero attached hydrogens (tertiary/aromatic N) is 5. The fraction of sp³-hybridized carbons (Fsp3) is 0.300. The first kappa shape index (κ1) is 20.0. The van der Waals surface area contributed by atoms with Gasteiger partial charge in [-0.3, -0.25) is 9.08 Å². The maximum Gasteiger partial charge on any atom is 0.348 e. The lowest BCUT2D eigenvalue weighted by Crippen LogP contribution is -2.08. The van der Waals surface area contributed by atoms with Gasteiger partial charge in [-0.1, -0.05) is 0 Å². The van der Waals surface area contributed by atoms with Gasteiger partial charge in [0.25, 0.3) is 0 Å². The molecular formula is C20H23N7O2S. The third-order valence-corrected chi connectivity index (χ3v) is 5.70. The lowest BCUT2D eigenvalue weighted by atomic mass is 10.2. The van der Waals surface area contributed by atoms with E-state index in [9.17, 15) is 4.79 Å². The Kier molecular flexibility index (Phi) is 5.51. The number of rotatable bonds is 7. The van der Waals surface area contributed by atoms with Crippen LogP contribution in [-0.2, 0) is 18.2 Å². The second-order valence-corrected chi connectivity index (χ2v) is 7.88. The molecule has 0 unspecified atom stereocenters. The largest absolute Gasteiger partial charge is 0.462 e. The van der Waals surface area contributed by atoms with Gasteiger partial charge in [-0.15, -0.1) is 11.3 Å². The van der Waals surface area contributed by atoms with Crippen LogP contribution in [0.15, 0.2) is 30.9 Å². The molecule has 0 aliphatic rings. The zero-order valence-electron chi connectivity index (χ0n) is 17.0. The number of hydrogen-bond donors (Lipinski definition) is 2. The predicted octanol–water partition coefficient (Wildman–Crippen LogP) is 2.92. The van der Waals surface area contributed by atoms with Crippen molar-refractivity contribution in [3.8, 4) is 11.3 Å². The van der Waals surface area contributed by atoms with E-state index in [0.29, 0.717) is 35.9 Å². The molecule has 0 aliphatic heterocycles. The molecule has 0 spiro atoms. The minimum absolute atomic E-state index is 0.317. The molecule has 30 heavy (non-hydrogen) atoms. The summed E-state index contributed by atoms with van der Waals surface area (Å²) in [5, 5.41) is 8.38. The van der Waals surface area contributed by atoms with Crippen molar-refractivity contribution in [1.29, 1.82) is 0 Å². The zero-order valence-corrected chi connectivity index (χ0v) is 17.9. The van der Waals surface area contributed by atoms with Gasteiger partial charge in [0, 0.05) is 31.4 Å². The molecule has 0 aliphatic carbocycles. The predicted molar refractivity (Wildman–Crippen MR) is 116 cm³/mol. The van der Waals surface area contributed by atoms with Gasteiger partial charge in [0.2, 0.25) is 0 Å². The third kappa shape index (κ3) is 3.79. The van der Waals surface area contributed by atoms with Crippen LogP contribution in [0.1, 0.15) is 27.9 Å². The standard InChI is InChI=1S/C20H23N7O2S/c1-4-29-20(28)17-12(2)7-16(30-17)25-18-19-22-9-15(13-8-23-26(3)10-13)27(19)11-14(24-18)5-6-21/h7-11H,4-6,21H2,1-3H3,(H,24,25). The van der Waals surface area contributed by atoms with E-state index in [1.165, 1.54) is 11.3 Å². The second kappa shape index (κ2) is 8.25. The monoisotopic (exact) mass is 425 g/mol. The van der Waals surface area contributed by atoms with Crippen LogP contribution in [0.3, 0.4) is 0 Å². The van der Waals surface area contributed by atoms with Crippen LogP contribution < -0.4 is 11.1 Å². The number of hydrogen-bond acceptors (Lipinski definition) is 8. The summed E-state index contributed by atoms with van der Waals surface area (Å²) in [5.41, 5.74) is 10.0. The van der Waals surface area contributed by atoms with Crippen molar-refractivity contribution in [3.05, 3.63) is 47.0 Å². The van der Waals surface area contributed by atoms with Crippen LogP contribution in [0.4, 0.5) is 10.8 Å². The Morgan fingerprint density at radius 3 is 2.87 bits per heavy atom. The van der Waals surface area contributed by atoms with Crippen molar-refractivity contribution in [1.82, 2.24) is 24.1 Å². The van der Waals surface area contributed by atoms with Crippen molar-refractivity contribution in [2.45, 2.75) is 20.3 Å². The molecule has 9 nitrogen and oxygen atoms in total. The number of carbonyl (C=O) groups excluding carboxylic acids is 1. The van der Waals surface area contributed by atoms with E-state index in [0.717, 1.165) is 27.5 Å². The minimum Gasteiger partial charge on any atom is -0.462 e. The smallest absolute Gasteiger partial charge is 0.348 e. The number of thiophene rings is 1. The molecule has 0 fully saturated rings. The number of aromatic nitrogens is 5. The highest BCUT2D eigenvalue weighted by atomic mass is 32.1. The number of anilines is 2. The molecule has 0 bridgehead atoms. The summed E-state index contributed by atoms with van der Waals surface area (Å²) in [7, 11) is 1.88.